The van der Waals surface area contributed by atoms with Gasteiger partial charge < -0.3 is 15.2 Å². The molecule has 1 fully saturated rings. The molecule has 2 N–H and O–H groups in total. The Labute approximate surface area is 126 Å². The number of rotatable bonds is 6. The van der Waals surface area contributed by atoms with Crippen molar-refractivity contribution in [2.45, 2.75) is 43.2 Å². The van der Waals surface area contributed by atoms with Gasteiger partial charge >= 0.3 is 0 Å². The number of methoxy groups -OCH3 is 1. The van der Waals surface area contributed by atoms with Gasteiger partial charge in [0, 0.05) is 24.1 Å². The quantitative estimate of drug-likeness (QED) is 0.792. The molecular weight excluding hydrogens is 270 g/mol. The van der Waals surface area contributed by atoms with Crippen molar-refractivity contribution in [2.75, 3.05) is 20.0 Å². The zero-order valence-corrected chi connectivity index (χ0v) is 13.2. The van der Waals surface area contributed by atoms with E-state index >= 15 is 0 Å². The van der Waals surface area contributed by atoms with Crippen LogP contribution in [-0.2, 0) is 6.54 Å². The first-order valence-corrected chi connectivity index (χ1v) is 8.54. The summed E-state index contributed by atoms with van der Waals surface area (Å²) in [5, 5.41) is 12.8. The number of ether oxygens (including phenoxy) is 1. The molecule has 0 spiro atoms. The lowest BCUT2D eigenvalue weighted by molar-refractivity contribution is 0.175. The number of benzene rings is 1. The van der Waals surface area contributed by atoms with Gasteiger partial charge in [0.1, 0.15) is 5.75 Å². The normalized spacial score (nSPS) is 22.8. The van der Waals surface area contributed by atoms with Crippen LogP contribution in [0.15, 0.2) is 23.1 Å². The molecule has 112 valence electrons. The number of aliphatic hydroxyl groups excluding tert-OH is 1. The fraction of sp³-hybridized carbons (Fsp3) is 0.625. The Morgan fingerprint density at radius 2 is 2.05 bits per heavy atom. The SMILES string of the molecule is COc1ccc(CNC2CCC(CO)CC2)cc1SC. The molecule has 0 atom stereocenters. The number of thioether (sulfide) groups is 1. The summed E-state index contributed by atoms with van der Waals surface area (Å²) >= 11 is 1.72. The van der Waals surface area contributed by atoms with Gasteiger partial charge in [-0.2, -0.15) is 0 Å². The highest BCUT2D eigenvalue weighted by molar-refractivity contribution is 7.98. The summed E-state index contributed by atoms with van der Waals surface area (Å²) < 4.78 is 5.34. The lowest BCUT2D eigenvalue weighted by Crippen LogP contribution is -2.33. The van der Waals surface area contributed by atoms with Gasteiger partial charge in [-0.15, -0.1) is 11.8 Å². The summed E-state index contributed by atoms with van der Waals surface area (Å²) in [6.07, 6.45) is 6.72. The van der Waals surface area contributed by atoms with E-state index in [1.165, 1.54) is 23.3 Å². The first-order chi connectivity index (χ1) is 9.76. The van der Waals surface area contributed by atoms with Crippen LogP contribution in [0.1, 0.15) is 31.2 Å². The molecule has 4 heteroatoms. The summed E-state index contributed by atoms with van der Waals surface area (Å²) in [6.45, 7) is 1.26. The van der Waals surface area contributed by atoms with E-state index in [2.05, 4.69) is 23.7 Å². The summed E-state index contributed by atoms with van der Waals surface area (Å²) in [5.41, 5.74) is 1.31. The molecule has 0 heterocycles. The van der Waals surface area contributed by atoms with E-state index in [4.69, 9.17) is 9.84 Å². The molecule has 0 aliphatic heterocycles. The van der Waals surface area contributed by atoms with Gasteiger partial charge in [-0.1, -0.05) is 6.07 Å². The van der Waals surface area contributed by atoms with Gasteiger partial charge in [0.05, 0.1) is 7.11 Å². The van der Waals surface area contributed by atoms with Gasteiger partial charge in [0.15, 0.2) is 0 Å². The molecule has 2 rings (SSSR count). The van der Waals surface area contributed by atoms with Gasteiger partial charge in [-0.05, 0) is 55.6 Å². The molecule has 0 amide bonds. The number of nitrogens with one attached hydrogen (secondary N) is 1. The molecule has 0 radical (unpaired) electrons. The molecule has 1 saturated carbocycles. The first kappa shape index (κ1) is 15.7. The maximum Gasteiger partial charge on any atom is 0.132 e. The van der Waals surface area contributed by atoms with Crippen molar-refractivity contribution in [3.05, 3.63) is 23.8 Å². The van der Waals surface area contributed by atoms with Crippen LogP contribution in [0.2, 0.25) is 0 Å². The molecule has 1 aromatic rings. The average Bonchev–Trinajstić information content (AvgIpc) is 2.53. The van der Waals surface area contributed by atoms with Crippen LogP contribution in [0.4, 0.5) is 0 Å². The average molecular weight is 295 g/mol. The van der Waals surface area contributed by atoms with Crippen molar-refractivity contribution in [2.24, 2.45) is 5.92 Å². The van der Waals surface area contributed by atoms with Gasteiger partial charge in [0.25, 0.3) is 0 Å². The van der Waals surface area contributed by atoms with E-state index in [0.29, 0.717) is 18.6 Å². The van der Waals surface area contributed by atoms with Crippen LogP contribution in [0, 0.1) is 5.92 Å². The van der Waals surface area contributed by atoms with Crippen LogP contribution in [0.5, 0.6) is 5.75 Å². The maximum absolute atomic E-state index is 9.16. The predicted molar refractivity (Wildman–Crippen MR) is 84.4 cm³/mol. The van der Waals surface area contributed by atoms with Crippen molar-refractivity contribution in [3.8, 4) is 5.75 Å². The highest BCUT2D eigenvalue weighted by Gasteiger charge is 2.19. The summed E-state index contributed by atoms with van der Waals surface area (Å²) in [4.78, 5) is 1.19. The van der Waals surface area contributed by atoms with E-state index in [1.54, 1.807) is 18.9 Å². The third kappa shape index (κ3) is 4.14. The Kier molecular flexibility index (Phi) is 6.20. The van der Waals surface area contributed by atoms with Crippen molar-refractivity contribution in [1.29, 1.82) is 0 Å². The maximum atomic E-state index is 9.16. The summed E-state index contributed by atoms with van der Waals surface area (Å²) in [6, 6.07) is 6.98. The Bertz CT molecular complexity index is 417. The van der Waals surface area contributed by atoms with E-state index in [0.717, 1.165) is 25.1 Å². The van der Waals surface area contributed by atoms with Crippen LogP contribution in [0.25, 0.3) is 0 Å². The first-order valence-electron chi connectivity index (χ1n) is 7.32. The van der Waals surface area contributed by atoms with Crippen LogP contribution >= 0.6 is 11.8 Å². The second-order valence-electron chi connectivity index (χ2n) is 5.47. The third-order valence-electron chi connectivity index (χ3n) is 4.15. The number of hydrogen-bond acceptors (Lipinski definition) is 4. The molecule has 1 aliphatic rings. The lowest BCUT2D eigenvalue weighted by Gasteiger charge is -2.28. The van der Waals surface area contributed by atoms with Crippen LogP contribution in [-0.4, -0.2) is 31.1 Å². The second kappa shape index (κ2) is 7.91. The molecule has 0 bridgehead atoms. The molecule has 3 nitrogen and oxygen atoms in total. The standard InChI is InChI=1S/C16H25NO2S/c1-19-15-8-5-13(9-16(15)20-2)10-17-14-6-3-12(11-18)4-7-14/h5,8-9,12,14,17-18H,3-4,6-7,10-11H2,1-2H3. The predicted octanol–water partition coefficient (Wildman–Crippen LogP) is 3.06. The Hall–Kier alpha value is -0.710. The van der Waals surface area contributed by atoms with Crippen LogP contribution < -0.4 is 10.1 Å². The van der Waals surface area contributed by atoms with Gasteiger partial charge in [-0.3, -0.25) is 0 Å². The van der Waals surface area contributed by atoms with E-state index in [1.807, 2.05) is 6.07 Å². The van der Waals surface area contributed by atoms with E-state index in [9.17, 15) is 0 Å². The zero-order chi connectivity index (χ0) is 14.4. The molecule has 0 saturated heterocycles. The fourth-order valence-electron chi connectivity index (χ4n) is 2.80. The fourth-order valence-corrected chi connectivity index (χ4v) is 3.42. The molecule has 0 aromatic heterocycles. The second-order valence-corrected chi connectivity index (χ2v) is 6.32. The van der Waals surface area contributed by atoms with Gasteiger partial charge in [0.2, 0.25) is 0 Å². The minimum Gasteiger partial charge on any atom is -0.496 e. The number of aliphatic hydroxyl groups is 1. The van der Waals surface area contributed by atoms with Crippen molar-refractivity contribution >= 4 is 11.8 Å². The van der Waals surface area contributed by atoms with E-state index < -0.39 is 0 Å². The molecule has 1 aromatic carbocycles. The summed E-state index contributed by atoms with van der Waals surface area (Å²) in [7, 11) is 1.71. The summed E-state index contributed by atoms with van der Waals surface area (Å²) in [5.74, 6) is 1.47. The highest BCUT2D eigenvalue weighted by atomic mass is 32.2. The highest BCUT2D eigenvalue weighted by Crippen LogP contribution is 2.29. The molecule has 20 heavy (non-hydrogen) atoms. The number of hydrogen-bond donors (Lipinski definition) is 2. The van der Waals surface area contributed by atoms with Crippen molar-refractivity contribution in [3.63, 3.8) is 0 Å². The topological polar surface area (TPSA) is 41.5 Å². The Morgan fingerprint density at radius 1 is 1.30 bits per heavy atom. The van der Waals surface area contributed by atoms with Crippen molar-refractivity contribution < 1.29 is 9.84 Å². The largest absolute Gasteiger partial charge is 0.496 e. The Morgan fingerprint density at radius 3 is 2.65 bits per heavy atom. The Balaban J connectivity index is 1.85. The lowest BCUT2D eigenvalue weighted by atomic mass is 9.86. The van der Waals surface area contributed by atoms with Crippen molar-refractivity contribution in [1.82, 2.24) is 5.32 Å². The minimum absolute atomic E-state index is 0.349. The molecule has 1 aliphatic carbocycles. The third-order valence-corrected chi connectivity index (χ3v) is 4.91. The van der Waals surface area contributed by atoms with Crippen LogP contribution in [0.3, 0.4) is 0 Å². The molecule has 0 unspecified atom stereocenters. The minimum atomic E-state index is 0.349. The smallest absolute Gasteiger partial charge is 0.132 e. The molecular formula is C16H25NO2S. The van der Waals surface area contributed by atoms with Gasteiger partial charge in [-0.25, -0.2) is 0 Å². The zero-order valence-electron chi connectivity index (χ0n) is 12.4. The van der Waals surface area contributed by atoms with E-state index in [-0.39, 0.29) is 0 Å². The monoisotopic (exact) mass is 295 g/mol.